The fourth-order valence-electron chi connectivity index (χ4n) is 2.11. The quantitative estimate of drug-likeness (QED) is 0.773. The molecule has 0 radical (unpaired) electrons. The van der Waals surface area contributed by atoms with Crippen LogP contribution in [0.1, 0.15) is 12.5 Å². The van der Waals surface area contributed by atoms with Crippen LogP contribution in [0.15, 0.2) is 30.0 Å². The van der Waals surface area contributed by atoms with E-state index in [1.807, 2.05) is 6.92 Å². The Morgan fingerprint density at radius 1 is 1.44 bits per heavy atom. The first-order valence-corrected chi connectivity index (χ1v) is 5.55. The molecule has 2 rings (SSSR count). The minimum Gasteiger partial charge on any atom is -0.516 e. The topological polar surface area (TPSA) is 44.0 Å². The van der Waals surface area contributed by atoms with Crippen molar-refractivity contribution in [2.24, 2.45) is 5.92 Å². The highest BCUT2D eigenvalue weighted by atomic mass is 35.5. The van der Waals surface area contributed by atoms with E-state index in [0.717, 1.165) is 11.8 Å². The Balaban J connectivity index is 2.53. The van der Waals surface area contributed by atoms with Gasteiger partial charge in [-0.3, -0.25) is 0 Å². The van der Waals surface area contributed by atoms with E-state index in [9.17, 15) is 5.26 Å². The van der Waals surface area contributed by atoms with E-state index in [0.29, 0.717) is 15.6 Å². The average molecular weight is 254 g/mol. The number of nitriles is 1. The number of hydrogen-bond donors (Lipinski definition) is 1. The summed E-state index contributed by atoms with van der Waals surface area (Å²) in [5.41, 5.74) is 0.758. The molecular formula is C12H9Cl2NO. The largest absolute Gasteiger partial charge is 0.516 e. The van der Waals surface area contributed by atoms with Crippen LogP contribution in [-0.2, 0) is 5.41 Å². The van der Waals surface area contributed by atoms with Crippen LogP contribution in [-0.4, -0.2) is 5.11 Å². The van der Waals surface area contributed by atoms with Crippen LogP contribution in [0, 0.1) is 17.2 Å². The van der Waals surface area contributed by atoms with Gasteiger partial charge in [-0.15, -0.1) is 0 Å². The van der Waals surface area contributed by atoms with E-state index in [2.05, 4.69) is 6.07 Å². The standard InChI is InChI=1S/C12H9Cl2NO/c1-7-9(5-16)12(7,6-15)8-2-3-10(13)11(14)4-8/h2-5,7,16H,1H3/t7-,12-/m1/s1. The summed E-state index contributed by atoms with van der Waals surface area (Å²) in [6.07, 6.45) is 1.01. The second-order valence-electron chi connectivity index (χ2n) is 3.85. The third-order valence-electron chi connectivity index (χ3n) is 3.18. The predicted molar refractivity (Wildman–Crippen MR) is 63.6 cm³/mol. The maximum absolute atomic E-state index is 9.26. The molecule has 2 nitrogen and oxygen atoms in total. The zero-order chi connectivity index (χ0) is 11.9. The lowest BCUT2D eigenvalue weighted by atomic mass is 9.95. The Hall–Kier alpha value is -1.17. The summed E-state index contributed by atoms with van der Waals surface area (Å²) in [7, 11) is 0. The number of allylic oxidation sites excluding steroid dienone is 1. The second-order valence-corrected chi connectivity index (χ2v) is 4.67. The van der Waals surface area contributed by atoms with Crippen molar-refractivity contribution in [1.82, 2.24) is 0 Å². The maximum atomic E-state index is 9.26. The molecule has 1 N–H and O–H groups in total. The van der Waals surface area contributed by atoms with Gasteiger partial charge in [0.15, 0.2) is 0 Å². The molecule has 0 amide bonds. The summed E-state index contributed by atoms with van der Waals surface area (Å²) in [6.45, 7) is 1.90. The highest BCUT2D eigenvalue weighted by Gasteiger charge is 2.59. The minimum atomic E-state index is -0.733. The Morgan fingerprint density at radius 3 is 2.56 bits per heavy atom. The van der Waals surface area contributed by atoms with Gasteiger partial charge in [0.25, 0.3) is 0 Å². The molecule has 82 valence electrons. The summed E-state index contributed by atoms with van der Waals surface area (Å²) in [5.74, 6) is 0.0137. The molecule has 0 saturated heterocycles. The van der Waals surface area contributed by atoms with Gasteiger partial charge in [-0.25, -0.2) is 0 Å². The van der Waals surface area contributed by atoms with Crippen molar-refractivity contribution >= 4 is 23.2 Å². The summed E-state index contributed by atoms with van der Waals surface area (Å²) in [4.78, 5) is 0. The Morgan fingerprint density at radius 2 is 2.12 bits per heavy atom. The molecule has 1 aliphatic rings. The number of aliphatic hydroxyl groups is 1. The van der Waals surface area contributed by atoms with Crippen molar-refractivity contribution in [3.05, 3.63) is 45.6 Å². The molecule has 2 atom stereocenters. The molecule has 1 aromatic rings. The number of rotatable bonds is 1. The van der Waals surface area contributed by atoms with Crippen molar-refractivity contribution in [3.63, 3.8) is 0 Å². The molecule has 0 aliphatic heterocycles. The van der Waals surface area contributed by atoms with Gasteiger partial charge in [0.1, 0.15) is 5.41 Å². The van der Waals surface area contributed by atoms with Crippen molar-refractivity contribution in [1.29, 1.82) is 5.26 Å². The van der Waals surface area contributed by atoms with Gasteiger partial charge in [-0.2, -0.15) is 5.26 Å². The highest BCUT2D eigenvalue weighted by molar-refractivity contribution is 6.42. The third-order valence-corrected chi connectivity index (χ3v) is 3.92. The van der Waals surface area contributed by atoms with Gasteiger partial charge in [0, 0.05) is 5.92 Å². The molecule has 0 heterocycles. The first-order valence-electron chi connectivity index (χ1n) is 4.79. The first-order chi connectivity index (χ1) is 7.57. The highest BCUT2D eigenvalue weighted by Crippen LogP contribution is 2.59. The van der Waals surface area contributed by atoms with Crippen LogP contribution < -0.4 is 0 Å². The van der Waals surface area contributed by atoms with Gasteiger partial charge >= 0.3 is 0 Å². The van der Waals surface area contributed by atoms with Crippen LogP contribution >= 0.6 is 23.2 Å². The molecule has 16 heavy (non-hydrogen) atoms. The zero-order valence-electron chi connectivity index (χ0n) is 8.54. The number of halogens is 2. The molecule has 1 saturated carbocycles. The fraction of sp³-hybridized carbons (Fsp3) is 0.250. The lowest BCUT2D eigenvalue weighted by Crippen LogP contribution is -2.06. The van der Waals surface area contributed by atoms with E-state index in [-0.39, 0.29) is 5.92 Å². The fourth-order valence-corrected chi connectivity index (χ4v) is 2.40. The first kappa shape index (κ1) is 11.3. The number of benzene rings is 1. The maximum Gasteiger partial charge on any atom is 0.113 e. The summed E-state index contributed by atoms with van der Waals surface area (Å²) < 4.78 is 0. The van der Waals surface area contributed by atoms with Crippen LogP contribution in [0.5, 0.6) is 0 Å². The van der Waals surface area contributed by atoms with Crippen molar-refractivity contribution in [2.75, 3.05) is 0 Å². The Labute approximate surface area is 104 Å². The molecule has 1 aliphatic carbocycles. The number of nitrogens with zero attached hydrogens (tertiary/aromatic N) is 1. The van der Waals surface area contributed by atoms with Crippen molar-refractivity contribution < 1.29 is 5.11 Å². The Bertz CT molecular complexity index is 518. The van der Waals surface area contributed by atoms with E-state index in [1.54, 1.807) is 18.2 Å². The van der Waals surface area contributed by atoms with Crippen LogP contribution in [0.25, 0.3) is 0 Å². The van der Waals surface area contributed by atoms with Gasteiger partial charge < -0.3 is 5.11 Å². The van der Waals surface area contributed by atoms with E-state index in [4.69, 9.17) is 28.3 Å². The number of aliphatic hydroxyl groups excluding tert-OH is 1. The molecule has 0 aromatic heterocycles. The molecule has 0 unspecified atom stereocenters. The van der Waals surface area contributed by atoms with Crippen molar-refractivity contribution in [2.45, 2.75) is 12.3 Å². The van der Waals surface area contributed by atoms with Gasteiger partial charge in [-0.05, 0) is 23.3 Å². The van der Waals surface area contributed by atoms with E-state index < -0.39 is 5.41 Å². The second kappa shape index (κ2) is 3.69. The molecule has 0 spiro atoms. The molecule has 1 aromatic carbocycles. The SMILES string of the molecule is C[C@@H]1C(=CO)[C@@]1(C#N)c1ccc(Cl)c(Cl)c1. The molecule has 0 bridgehead atoms. The minimum absolute atomic E-state index is 0.0137. The van der Waals surface area contributed by atoms with Crippen LogP contribution in [0.3, 0.4) is 0 Å². The lowest BCUT2D eigenvalue weighted by molar-refractivity contribution is 0.469. The normalized spacial score (nSPS) is 30.1. The average Bonchev–Trinajstić information content (AvgIpc) is 2.88. The lowest BCUT2D eigenvalue weighted by Gasteiger charge is -2.08. The zero-order valence-corrected chi connectivity index (χ0v) is 10.0. The van der Waals surface area contributed by atoms with E-state index in [1.165, 1.54) is 0 Å². The predicted octanol–water partition coefficient (Wildman–Crippen LogP) is 3.85. The molecule has 1 fully saturated rings. The summed E-state index contributed by atoms with van der Waals surface area (Å²) in [5, 5.41) is 19.2. The van der Waals surface area contributed by atoms with Crippen LogP contribution in [0.2, 0.25) is 10.0 Å². The smallest absolute Gasteiger partial charge is 0.113 e. The van der Waals surface area contributed by atoms with E-state index >= 15 is 0 Å². The van der Waals surface area contributed by atoms with Gasteiger partial charge in [0.2, 0.25) is 0 Å². The monoisotopic (exact) mass is 253 g/mol. The number of hydrogen-bond acceptors (Lipinski definition) is 2. The van der Waals surface area contributed by atoms with Crippen molar-refractivity contribution in [3.8, 4) is 6.07 Å². The van der Waals surface area contributed by atoms with Gasteiger partial charge in [0.05, 0.1) is 22.4 Å². The third kappa shape index (κ3) is 1.32. The van der Waals surface area contributed by atoms with Gasteiger partial charge in [-0.1, -0.05) is 36.2 Å². The Kier molecular flexibility index (Phi) is 2.61. The summed E-state index contributed by atoms with van der Waals surface area (Å²) >= 11 is 11.7. The van der Waals surface area contributed by atoms with Crippen LogP contribution in [0.4, 0.5) is 0 Å². The molecule has 4 heteroatoms. The molecular weight excluding hydrogens is 245 g/mol. The summed E-state index contributed by atoms with van der Waals surface area (Å²) in [6, 6.07) is 7.35.